The van der Waals surface area contributed by atoms with Crippen LogP contribution in [-0.4, -0.2) is 18.0 Å². The fraction of sp³-hybridized carbons (Fsp3) is 0.125. The monoisotopic (exact) mass is 268 g/mol. The van der Waals surface area contributed by atoms with Crippen LogP contribution in [0.15, 0.2) is 54.9 Å². The molecule has 0 fully saturated rings. The van der Waals surface area contributed by atoms with Gasteiger partial charge >= 0.3 is 0 Å². The van der Waals surface area contributed by atoms with Crippen LogP contribution in [0.1, 0.15) is 11.1 Å². The van der Waals surface area contributed by atoms with Gasteiger partial charge in [0.2, 0.25) is 5.91 Å². The molecule has 0 aliphatic heterocycles. The van der Waals surface area contributed by atoms with Crippen molar-refractivity contribution in [3.63, 3.8) is 0 Å². The summed E-state index contributed by atoms with van der Waals surface area (Å²) in [6.45, 7) is 0.490. The lowest BCUT2D eigenvalue weighted by Gasteiger charge is -2.02. The quantitative estimate of drug-likeness (QED) is 0.847. The van der Waals surface area contributed by atoms with Gasteiger partial charge in [-0.1, -0.05) is 12.1 Å². The van der Waals surface area contributed by atoms with Gasteiger partial charge in [0, 0.05) is 25.0 Å². The molecule has 0 atom stereocenters. The first-order valence-electron chi connectivity index (χ1n) is 6.27. The Hall–Kier alpha value is -2.62. The fourth-order valence-corrected chi connectivity index (χ4v) is 1.67. The summed E-state index contributed by atoms with van der Waals surface area (Å²) in [4.78, 5) is 15.6. The summed E-state index contributed by atoms with van der Waals surface area (Å²) < 4.78 is 5.13. The molecule has 20 heavy (non-hydrogen) atoms. The molecule has 0 bridgehead atoms. The summed E-state index contributed by atoms with van der Waals surface area (Å²) in [5.41, 5.74) is 1.94. The van der Waals surface area contributed by atoms with Gasteiger partial charge in [0.15, 0.2) is 0 Å². The second-order valence-electron chi connectivity index (χ2n) is 4.18. The molecule has 102 valence electrons. The zero-order valence-electron chi connectivity index (χ0n) is 11.2. The number of benzene rings is 1. The summed E-state index contributed by atoms with van der Waals surface area (Å²) in [5, 5.41) is 2.81. The molecule has 0 spiro atoms. The van der Waals surface area contributed by atoms with Crippen LogP contribution in [0.4, 0.5) is 0 Å². The number of carbonyl (C=O) groups is 1. The number of nitrogens with one attached hydrogen (secondary N) is 1. The van der Waals surface area contributed by atoms with E-state index in [-0.39, 0.29) is 5.91 Å². The van der Waals surface area contributed by atoms with Gasteiger partial charge in [-0.3, -0.25) is 9.78 Å². The van der Waals surface area contributed by atoms with Crippen molar-refractivity contribution in [2.24, 2.45) is 0 Å². The van der Waals surface area contributed by atoms with Crippen molar-refractivity contribution in [2.75, 3.05) is 7.11 Å². The zero-order valence-corrected chi connectivity index (χ0v) is 11.2. The van der Waals surface area contributed by atoms with Crippen LogP contribution in [0.5, 0.6) is 5.75 Å². The highest BCUT2D eigenvalue weighted by atomic mass is 16.5. The lowest BCUT2D eigenvalue weighted by molar-refractivity contribution is -0.116. The molecule has 2 aromatic rings. The molecule has 0 radical (unpaired) electrons. The van der Waals surface area contributed by atoms with Crippen LogP contribution in [0.3, 0.4) is 0 Å². The van der Waals surface area contributed by atoms with Crippen molar-refractivity contribution in [1.29, 1.82) is 0 Å². The molecule has 0 unspecified atom stereocenters. The van der Waals surface area contributed by atoms with Crippen molar-refractivity contribution >= 4 is 12.0 Å². The van der Waals surface area contributed by atoms with Crippen LogP contribution < -0.4 is 10.1 Å². The smallest absolute Gasteiger partial charge is 0.244 e. The van der Waals surface area contributed by atoms with E-state index in [0.717, 1.165) is 16.9 Å². The lowest BCUT2D eigenvalue weighted by Crippen LogP contribution is -2.20. The number of rotatable bonds is 5. The number of methoxy groups -OCH3 is 1. The maximum absolute atomic E-state index is 11.7. The largest absolute Gasteiger partial charge is 0.497 e. The number of aromatic nitrogens is 1. The van der Waals surface area contributed by atoms with E-state index in [1.807, 2.05) is 36.4 Å². The SMILES string of the molecule is COc1cccc(/C=C/C(=O)NCc2ccncc2)c1. The third kappa shape index (κ3) is 4.24. The Balaban J connectivity index is 1.89. The highest BCUT2D eigenvalue weighted by Crippen LogP contribution is 2.13. The van der Waals surface area contributed by atoms with Gasteiger partial charge < -0.3 is 10.1 Å². The first kappa shape index (κ1) is 13.8. The predicted molar refractivity (Wildman–Crippen MR) is 78.1 cm³/mol. The fourth-order valence-electron chi connectivity index (χ4n) is 1.67. The highest BCUT2D eigenvalue weighted by Gasteiger charge is 1.97. The number of ether oxygens (including phenoxy) is 1. The maximum Gasteiger partial charge on any atom is 0.244 e. The Morgan fingerprint density at radius 3 is 2.85 bits per heavy atom. The van der Waals surface area contributed by atoms with Crippen molar-refractivity contribution in [1.82, 2.24) is 10.3 Å². The van der Waals surface area contributed by atoms with E-state index in [0.29, 0.717) is 6.54 Å². The Bertz CT molecular complexity index is 594. The van der Waals surface area contributed by atoms with Gasteiger partial charge in [0.05, 0.1) is 7.11 Å². The molecule has 0 saturated carbocycles. The number of amides is 1. The number of hydrogen-bond acceptors (Lipinski definition) is 3. The third-order valence-corrected chi connectivity index (χ3v) is 2.74. The van der Waals surface area contributed by atoms with Crippen molar-refractivity contribution in [3.05, 3.63) is 66.0 Å². The van der Waals surface area contributed by atoms with E-state index in [1.165, 1.54) is 6.08 Å². The molecule has 4 heteroatoms. The number of pyridine rings is 1. The van der Waals surface area contributed by atoms with E-state index in [1.54, 1.807) is 25.6 Å². The molecule has 1 amide bonds. The molecule has 1 N–H and O–H groups in total. The second kappa shape index (κ2) is 7.09. The Morgan fingerprint density at radius 2 is 2.10 bits per heavy atom. The molecule has 0 saturated heterocycles. The van der Waals surface area contributed by atoms with Gasteiger partial charge in [-0.25, -0.2) is 0 Å². The van der Waals surface area contributed by atoms with E-state index in [9.17, 15) is 4.79 Å². The summed E-state index contributed by atoms with van der Waals surface area (Å²) in [7, 11) is 1.62. The lowest BCUT2D eigenvalue weighted by atomic mass is 10.2. The normalized spacial score (nSPS) is 10.4. The molecule has 2 rings (SSSR count). The standard InChI is InChI=1S/C16H16N2O2/c1-20-15-4-2-3-13(11-15)5-6-16(19)18-12-14-7-9-17-10-8-14/h2-11H,12H2,1H3,(H,18,19)/b6-5+. The highest BCUT2D eigenvalue weighted by molar-refractivity contribution is 5.91. The molecular formula is C16H16N2O2. The van der Waals surface area contributed by atoms with Crippen molar-refractivity contribution in [2.45, 2.75) is 6.54 Å². The Kier molecular flexibility index (Phi) is 4.89. The molecule has 1 aromatic heterocycles. The third-order valence-electron chi connectivity index (χ3n) is 2.74. The number of hydrogen-bond donors (Lipinski definition) is 1. The van der Waals surface area contributed by atoms with Crippen LogP contribution in [0, 0.1) is 0 Å². The number of carbonyl (C=O) groups excluding carboxylic acids is 1. The maximum atomic E-state index is 11.7. The van der Waals surface area contributed by atoms with Gasteiger partial charge in [-0.2, -0.15) is 0 Å². The van der Waals surface area contributed by atoms with Gasteiger partial charge in [0.1, 0.15) is 5.75 Å². The van der Waals surface area contributed by atoms with Gasteiger partial charge in [-0.05, 0) is 41.5 Å². The average molecular weight is 268 g/mol. The zero-order chi connectivity index (χ0) is 14.2. The molecular weight excluding hydrogens is 252 g/mol. The first-order valence-corrected chi connectivity index (χ1v) is 6.27. The average Bonchev–Trinajstić information content (AvgIpc) is 2.52. The Morgan fingerprint density at radius 1 is 1.30 bits per heavy atom. The molecule has 1 aromatic carbocycles. The molecule has 0 aliphatic carbocycles. The summed E-state index contributed by atoms with van der Waals surface area (Å²) >= 11 is 0. The second-order valence-corrected chi connectivity index (χ2v) is 4.18. The van der Waals surface area contributed by atoms with Crippen LogP contribution in [-0.2, 0) is 11.3 Å². The summed E-state index contributed by atoms with van der Waals surface area (Å²) in [6, 6.07) is 11.3. The molecule has 4 nitrogen and oxygen atoms in total. The number of nitrogens with zero attached hydrogens (tertiary/aromatic N) is 1. The van der Waals surface area contributed by atoms with Crippen LogP contribution in [0.2, 0.25) is 0 Å². The van der Waals surface area contributed by atoms with E-state index in [2.05, 4.69) is 10.3 Å². The van der Waals surface area contributed by atoms with E-state index < -0.39 is 0 Å². The summed E-state index contributed by atoms with van der Waals surface area (Å²) in [6.07, 6.45) is 6.67. The minimum atomic E-state index is -0.135. The van der Waals surface area contributed by atoms with Crippen molar-refractivity contribution < 1.29 is 9.53 Å². The minimum Gasteiger partial charge on any atom is -0.497 e. The van der Waals surface area contributed by atoms with Crippen LogP contribution >= 0.6 is 0 Å². The Labute approximate surface area is 118 Å². The minimum absolute atomic E-state index is 0.135. The van der Waals surface area contributed by atoms with Gasteiger partial charge in [0.25, 0.3) is 0 Å². The summed E-state index contributed by atoms with van der Waals surface area (Å²) in [5.74, 6) is 0.633. The van der Waals surface area contributed by atoms with Gasteiger partial charge in [-0.15, -0.1) is 0 Å². The van der Waals surface area contributed by atoms with E-state index in [4.69, 9.17) is 4.74 Å². The molecule has 1 heterocycles. The topological polar surface area (TPSA) is 51.2 Å². The first-order chi connectivity index (χ1) is 9.78. The molecule has 0 aliphatic rings. The van der Waals surface area contributed by atoms with Crippen LogP contribution in [0.25, 0.3) is 6.08 Å². The predicted octanol–water partition coefficient (Wildman–Crippen LogP) is 2.42. The van der Waals surface area contributed by atoms with E-state index >= 15 is 0 Å². The van der Waals surface area contributed by atoms with Crippen molar-refractivity contribution in [3.8, 4) is 5.75 Å².